The van der Waals surface area contributed by atoms with Gasteiger partial charge in [-0.3, -0.25) is 4.68 Å². The summed E-state index contributed by atoms with van der Waals surface area (Å²) < 4.78 is 12.2. The Labute approximate surface area is 130 Å². The van der Waals surface area contributed by atoms with Crippen LogP contribution < -0.4 is 14.8 Å². The second kappa shape index (κ2) is 7.29. The Hall–Kier alpha value is -2.05. The molecule has 0 fully saturated rings. The van der Waals surface area contributed by atoms with Crippen LogP contribution >= 0.6 is 0 Å². The van der Waals surface area contributed by atoms with Gasteiger partial charge < -0.3 is 19.9 Å². The molecule has 6 nitrogen and oxygen atoms in total. The molecule has 1 unspecified atom stereocenters. The zero-order chi connectivity index (χ0) is 16.1. The highest BCUT2D eigenvalue weighted by Gasteiger charge is 2.11. The molecule has 0 aliphatic heterocycles. The monoisotopic (exact) mass is 305 g/mol. The predicted molar refractivity (Wildman–Crippen MR) is 84.2 cm³/mol. The van der Waals surface area contributed by atoms with E-state index < -0.39 is 6.10 Å². The third-order valence-electron chi connectivity index (χ3n) is 3.53. The number of methoxy groups -OCH3 is 2. The highest BCUT2D eigenvalue weighted by molar-refractivity contribution is 5.39. The molecule has 2 N–H and O–H groups in total. The number of aromatic nitrogens is 2. The van der Waals surface area contributed by atoms with E-state index in [0.29, 0.717) is 24.6 Å². The van der Waals surface area contributed by atoms with Gasteiger partial charge >= 0.3 is 0 Å². The van der Waals surface area contributed by atoms with Crippen LogP contribution in [0.1, 0.15) is 22.9 Å². The van der Waals surface area contributed by atoms with E-state index >= 15 is 0 Å². The first-order valence-electron chi connectivity index (χ1n) is 7.14. The number of aryl methyl sites for hydroxylation is 2. The molecule has 120 valence electrons. The van der Waals surface area contributed by atoms with Crippen molar-refractivity contribution in [2.24, 2.45) is 7.05 Å². The molecule has 6 heteroatoms. The van der Waals surface area contributed by atoms with Gasteiger partial charge in [0.15, 0.2) is 0 Å². The molecule has 0 aliphatic carbocycles. The lowest BCUT2D eigenvalue weighted by molar-refractivity contribution is 0.173. The number of ether oxygens (including phenoxy) is 2. The SMILES string of the molecule is COc1cc(OC)cc(C(O)CNCc2cn(C)nc2C)c1. The molecular weight excluding hydrogens is 282 g/mol. The maximum absolute atomic E-state index is 10.3. The number of aliphatic hydroxyl groups is 1. The number of aliphatic hydroxyl groups excluding tert-OH is 1. The maximum atomic E-state index is 10.3. The zero-order valence-corrected chi connectivity index (χ0v) is 13.5. The smallest absolute Gasteiger partial charge is 0.122 e. The lowest BCUT2D eigenvalue weighted by atomic mass is 10.1. The number of nitrogens with one attached hydrogen (secondary N) is 1. The summed E-state index contributed by atoms with van der Waals surface area (Å²) in [5.74, 6) is 1.33. The van der Waals surface area contributed by atoms with Gasteiger partial charge in [-0.15, -0.1) is 0 Å². The summed E-state index contributed by atoms with van der Waals surface area (Å²) in [6.07, 6.45) is 1.34. The summed E-state index contributed by atoms with van der Waals surface area (Å²) in [4.78, 5) is 0. The van der Waals surface area contributed by atoms with Crippen molar-refractivity contribution >= 4 is 0 Å². The zero-order valence-electron chi connectivity index (χ0n) is 13.5. The van der Waals surface area contributed by atoms with E-state index in [-0.39, 0.29) is 0 Å². The predicted octanol–water partition coefficient (Wildman–Crippen LogP) is 1.57. The van der Waals surface area contributed by atoms with Crippen LogP contribution in [0.15, 0.2) is 24.4 Å². The molecule has 1 heterocycles. The van der Waals surface area contributed by atoms with Gasteiger partial charge in [0.1, 0.15) is 11.5 Å². The normalized spacial score (nSPS) is 12.2. The Kier molecular flexibility index (Phi) is 5.41. The molecule has 0 saturated heterocycles. The number of benzene rings is 1. The summed E-state index contributed by atoms with van der Waals surface area (Å²) in [6.45, 7) is 3.07. The molecule has 1 atom stereocenters. The number of hydrogen-bond acceptors (Lipinski definition) is 5. The fourth-order valence-electron chi connectivity index (χ4n) is 2.31. The van der Waals surface area contributed by atoms with E-state index in [1.807, 2.05) is 32.3 Å². The van der Waals surface area contributed by atoms with Crippen LogP contribution in [0.3, 0.4) is 0 Å². The van der Waals surface area contributed by atoms with Gasteiger partial charge in [0.2, 0.25) is 0 Å². The molecule has 0 saturated carbocycles. The van der Waals surface area contributed by atoms with Crippen molar-refractivity contribution in [2.45, 2.75) is 19.6 Å². The van der Waals surface area contributed by atoms with Gasteiger partial charge in [-0.1, -0.05) is 0 Å². The highest BCUT2D eigenvalue weighted by Crippen LogP contribution is 2.26. The van der Waals surface area contributed by atoms with Crippen LogP contribution in [-0.2, 0) is 13.6 Å². The van der Waals surface area contributed by atoms with E-state index in [4.69, 9.17) is 9.47 Å². The molecule has 0 aliphatic rings. The summed E-state index contributed by atoms with van der Waals surface area (Å²) in [6, 6.07) is 5.40. The van der Waals surface area contributed by atoms with Crippen LogP contribution in [0.5, 0.6) is 11.5 Å². The van der Waals surface area contributed by atoms with Gasteiger partial charge in [-0.2, -0.15) is 5.10 Å². The second-order valence-electron chi connectivity index (χ2n) is 5.21. The Bertz CT molecular complexity index is 603. The lowest BCUT2D eigenvalue weighted by Crippen LogP contribution is -2.21. The average molecular weight is 305 g/mol. The van der Waals surface area contributed by atoms with Crippen molar-refractivity contribution in [1.82, 2.24) is 15.1 Å². The first-order chi connectivity index (χ1) is 10.5. The Morgan fingerprint density at radius 3 is 2.36 bits per heavy atom. The molecule has 2 aromatic rings. The van der Waals surface area contributed by atoms with Crippen molar-refractivity contribution in [3.8, 4) is 11.5 Å². The van der Waals surface area contributed by atoms with Crippen LogP contribution in [0.2, 0.25) is 0 Å². The molecule has 0 amide bonds. The number of nitrogens with zero attached hydrogens (tertiary/aromatic N) is 2. The van der Waals surface area contributed by atoms with Crippen molar-refractivity contribution < 1.29 is 14.6 Å². The van der Waals surface area contributed by atoms with Gasteiger partial charge in [0.25, 0.3) is 0 Å². The second-order valence-corrected chi connectivity index (χ2v) is 5.21. The fourth-order valence-corrected chi connectivity index (χ4v) is 2.31. The van der Waals surface area contributed by atoms with Gasteiger partial charge in [-0.05, 0) is 24.6 Å². The molecular formula is C16H23N3O3. The topological polar surface area (TPSA) is 68.5 Å². The Balaban J connectivity index is 1.97. The van der Waals surface area contributed by atoms with E-state index in [1.165, 1.54) is 0 Å². The van der Waals surface area contributed by atoms with Gasteiger partial charge in [0.05, 0.1) is 26.0 Å². The summed E-state index contributed by atoms with van der Waals surface area (Å²) in [5.41, 5.74) is 2.87. The maximum Gasteiger partial charge on any atom is 0.122 e. The van der Waals surface area contributed by atoms with Crippen LogP contribution in [-0.4, -0.2) is 35.7 Å². The molecule has 22 heavy (non-hydrogen) atoms. The van der Waals surface area contributed by atoms with E-state index in [0.717, 1.165) is 16.8 Å². The fraction of sp³-hybridized carbons (Fsp3) is 0.438. The molecule has 1 aromatic heterocycles. The third kappa shape index (κ3) is 3.99. The minimum absolute atomic E-state index is 0.435. The van der Waals surface area contributed by atoms with Crippen LogP contribution in [0, 0.1) is 6.92 Å². The Morgan fingerprint density at radius 1 is 1.23 bits per heavy atom. The van der Waals surface area contributed by atoms with Crippen LogP contribution in [0.25, 0.3) is 0 Å². The molecule has 0 bridgehead atoms. The van der Waals surface area contributed by atoms with Gasteiger partial charge in [-0.25, -0.2) is 0 Å². The van der Waals surface area contributed by atoms with Crippen LogP contribution in [0.4, 0.5) is 0 Å². The van der Waals surface area contributed by atoms with E-state index in [2.05, 4.69) is 10.4 Å². The van der Waals surface area contributed by atoms with Gasteiger partial charge in [0, 0.05) is 38.0 Å². The average Bonchev–Trinajstić information content (AvgIpc) is 2.84. The molecule has 1 aromatic carbocycles. The lowest BCUT2D eigenvalue weighted by Gasteiger charge is -2.14. The summed E-state index contributed by atoms with van der Waals surface area (Å²) >= 11 is 0. The number of hydrogen-bond donors (Lipinski definition) is 2. The summed E-state index contributed by atoms with van der Waals surface area (Å²) in [7, 11) is 5.08. The minimum Gasteiger partial charge on any atom is -0.497 e. The molecule has 0 spiro atoms. The minimum atomic E-state index is -0.638. The standard InChI is InChI=1S/C16H23N3O3/c1-11-13(10-19(2)18-11)8-17-9-16(20)12-5-14(21-3)7-15(6-12)22-4/h5-7,10,16-17,20H,8-9H2,1-4H3. The molecule has 0 radical (unpaired) electrons. The highest BCUT2D eigenvalue weighted by atomic mass is 16.5. The molecule has 2 rings (SSSR count). The largest absolute Gasteiger partial charge is 0.497 e. The Morgan fingerprint density at radius 2 is 1.86 bits per heavy atom. The first kappa shape index (κ1) is 16.3. The van der Waals surface area contributed by atoms with E-state index in [1.54, 1.807) is 25.0 Å². The third-order valence-corrected chi connectivity index (χ3v) is 3.53. The quantitative estimate of drug-likeness (QED) is 0.812. The first-order valence-corrected chi connectivity index (χ1v) is 7.14. The van der Waals surface area contributed by atoms with Crippen molar-refractivity contribution in [3.05, 3.63) is 41.2 Å². The number of rotatable bonds is 7. The van der Waals surface area contributed by atoms with Crippen molar-refractivity contribution in [2.75, 3.05) is 20.8 Å². The summed E-state index contributed by atoms with van der Waals surface area (Å²) in [5, 5.41) is 17.9. The van der Waals surface area contributed by atoms with Crippen molar-refractivity contribution in [1.29, 1.82) is 0 Å². The van der Waals surface area contributed by atoms with E-state index in [9.17, 15) is 5.11 Å². The van der Waals surface area contributed by atoms with Crippen molar-refractivity contribution in [3.63, 3.8) is 0 Å².